The van der Waals surface area contributed by atoms with E-state index in [0.29, 0.717) is 16.9 Å². The molecule has 0 bridgehead atoms. The molecule has 0 fully saturated rings. The molecule has 130 valence electrons. The van der Waals surface area contributed by atoms with Crippen molar-refractivity contribution in [2.45, 2.75) is 0 Å². The summed E-state index contributed by atoms with van der Waals surface area (Å²) in [4.78, 5) is 21.7. The SMILES string of the molecule is O=C(NN=Cc1ccccc1)c1cc2cccnc2nc1-c1ccccc1. The Morgan fingerprint density at radius 3 is 2.44 bits per heavy atom. The molecule has 0 aliphatic heterocycles. The molecular weight excluding hydrogens is 336 g/mol. The first kappa shape index (κ1) is 16.6. The predicted molar refractivity (Wildman–Crippen MR) is 106 cm³/mol. The molecule has 2 aromatic carbocycles. The Bertz CT molecular complexity index is 1110. The second-order valence-electron chi connectivity index (χ2n) is 5.91. The average molecular weight is 352 g/mol. The number of fused-ring (bicyclic) bond motifs is 1. The van der Waals surface area contributed by atoms with E-state index in [1.165, 1.54) is 0 Å². The number of aromatic nitrogens is 2. The Labute approximate surface area is 156 Å². The van der Waals surface area contributed by atoms with Crippen molar-refractivity contribution in [2.75, 3.05) is 0 Å². The van der Waals surface area contributed by atoms with Crippen LogP contribution < -0.4 is 5.43 Å². The standard InChI is InChI=1S/C22H16N4O/c27-22(26-24-15-16-8-3-1-4-9-16)19-14-18-12-7-13-23-21(18)25-20(19)17-10-5-2-6-11-17/h1-15H,(H,26,27). The van der Waals surface area contributed by atoms with Gasteiger partial charge in [0.05, 0.1) is 17.5 Å². The van der Waals surface area contributed by atoms with Crippen LogP contribution in [0.15, 0.2) is 90.2 Å². The second kappa shape index (κ2) is 7.58. The van der Waals surface area contributed by atoms with E-state index in [-0.39, 0.29) is 5.91 Å². The van der Waals surface area contributed by atoms with E-state index in [9.17, 15) is 4.79 Å². The molecule has 0 saturated heterocycles. The number of carbonyl (C=O) groups is 1. The third kappa shape index (κ3) is 3.72. The molecule has 1 N–H and O–H groups in total. The van der Waals surface area contributed by atoms with Crippen molar-refractivity contribution in [2.24, 2.45) is 5.10 Å². The van der Waals surface area contributed by atoms with Gasteiger partial charge in [0.25, 0.3) is 5.91 Å². The molecule has 0 saturated carbocycles. The molecular formula is C22H16N4O. The Morgan fingerprint density at radius 1 is 0.926 bits per heavy atom. The summed E-state index contributed by atoms with van der Waals surface area (Å²) in [7, 11) is 0. The summed E-state index contributed by atoms with van der Waals surface area (Å²) >= 11 is 0. The number of nitrogens with zero attached hydrogens (tertiary/aromatic N) is 3. The summed E-state index contributed by atoms with van der Waals surface area (Å²) in [5.41, 5.74) is 5.97. The average Bonchev–Trinajstić information content (AvgIpc) is 2.74. The molecule has 2 heterocycles. The highest BCUT2D eigenvalue weighted by Gasteiger charge is 2.16. The number of carbonyl (C=O) groups excluding carboxylic acids is 1. The minimum Gasteiger partial charge on any atom is -0.267 e. The van der Waals surface area contributed by atoms with Gasteiger partial charge in [-0.2, -0.15) is 5.10 Å². The lowest BCUT2D eigenvalue weighted by molar-refractivity contribution is 0.0955. The lowest BCUT2D eigenvalue weighted by Gasteiger charge is -2.09. The maximum atomic E-state index is 12.8. The highest BCUT2D eigenvalue weighted by Crippen LogP contribution is 2.24. The minimum atomic E-state index is -0.320. The molecule has 0 radical (unpaired) electrons. The lowest BCUT2D eigenvalue weighted by Crippen LogP contribution is -2.19. The minimum absolute atomic E-state index is 0.320. The van der Waals surface area contributed by atoms with Crippen LogP contribution in [0.1, 0.15) is 15.9 Å². The van der Waals surface area contributed by atoms with Crippen LogP contribution >= 0.6 is 0 Å². The van der Waals surface area contributed by atoms with E-state index in [2.05, 4.69) is 20.5 Å². The van der Waals surface area contributed by atoms with Gasteiger partial charge in [0.1, 0.15) is 0 Å². The molecule has 4 rings (SSSR count). The highest BCUT2D eigenvalue weighted by molar-refractivity contribution is 6.03. The molecule has 1 amide bonds. The van der Waals surface area contributed by atoms with Crippen molar-refractivity contribution < 1.29 is 4.79 Å². The fourth-order valence-corrected chi connectivity index (χ4v) is 2.76. The van der Waals surface area contributed by atoms with Gasteiger partial charge in [0, 0.05) is 17.1 Å². The normalized spacial score (nSPS) is 11.0. The van der Waals surface area contributed by atoms with Crippen molar-refractivity contribution in [1.82, 2.24) is 15.4 Å². The monoisotopic (exact) mass is 352 g/mol. The van der Waals surface area contributed by atoms with Gasteiger partial charge in [-0.1, -0.05) is 60.7 Å². The van der Waals surface area contributed by atoms with Crippen molar-refractivity contribution in [3.8, 4) is 11.3 Å². The summed E-state index contributed by atoms with van der Waals surface area (Å²) in [5, 5.41) is 4.87. The first-order chi connectivity index (χ1) is 13.3. The smallest absolute Gasteiger partial charge is 0.267 e. The Hall–Kier alpha value is -3.86. The number of pyridine rings is 2. The zero-order chi connectivity index (χ0) is 18.5. The number of benzene rings is 2. The van der Waals surface area contributed by atoms with Crippen molar-refractivity contribution in [3.63, 3.8) is 0 Å². The maximum absolute atomic E-state index is 12.8. The lowest BCUT2D eigenvalue weighted by atomic mass is 10.0. The topological polar surface area (TPSA) is 67.2 Å². The van der Waals surface area contributed by atoms with E-state index >= 15 is 0 Å². The summed E-state index contributed by atoms with van der Waals surface area (Å²) < 4.78 is 0. The zero-order valence-electron chi connectivity index (χ0n) is 14.4. The molecule has 0 atom stereocenters. The van der Waals surface area contributed by atoms with Crippen LogP contribution in [-0.4, -0.2) is 22.1 Å². The van der Waals surface area contributed by atoms with Gasteiger partial charge in [-0.05, 0) is 23.8 Å². The Morgan fingerprint density at radius 2 is 1.67 bits per heavy atom. The molecule has 0 unspecified atom stereocenters. The van der Waals surface area contributed by atoms with Crippen molar-refractivity contribution in [1.29, 1.82) is 0 Å². The largest absolute Gasteiger partial charge is 0.273 e. The van der Waals surface area contributed by atoms with Gasteiger partial charge in [-0.25, -0.2) is 15.4 Å². The van der Waals surface area contributed by atoms with Gasteiger partial charge < -0.3 is 0 Å². The Kier molecular flexibility index (Phi) is 4.66. The highest BCUT2D eigenvalue weighted by atomic mass is 16.2. The molecule has 0 aliphatic rings. The van der Waals surface area contributed by atoms with Crippen LogP contribution in [0, 0.1) is 0 Å². The maximum Gasteiger partial charge on any atom is 0.273 e. The molecule has 0 aliphatic carbocycles. The number of hydrazone groups is 1. The van der Waals surface area contributed by atoms with Gasteiger partial charge in [-0.3, -0.25) is 4.79 Å². The molecule has 5 nitrogen and oxygen atoms in total. The number of nitrogens with one attached hydrogen (secondary N) is 1. The van der Waals surface area contributed by atoms with Crippen LogP contribution in [-0.2, 0) is 0 Å². The van der Waals surface area contributed by atoms with E-state index in [1.54, 1.807) is 18.5 Å². The molecule has 5 heteroatoms. The number of hydrogen-bond acceptors (Lipinski definition) is 4. The van der Waals surface area contributed by atoms with Crippen molar-refractivity contribution in [3.05, 3.63) is 96.2 Å². The summed E-state index contributed by atoms with van der Waals surface area (Å²) in [5.74, 6) is -0.320. The number of amides is 1. The molecule has 0 spiro atoms. The van der Waals surface area contributed by atoms with Crippen molar-refractivity contribution >= 4 is 23.2 Å². The third-order valence-corrected chi connectivity index (χ3v) is 4.06. The number of hydrogen-bond donors (Lipinski definition) is 1. The third-order valence-electron chi connectivity index (χ3n) is 4.06. The Balaban J connectivity index is 1.71. The quantitative estimate of drug-likeness (QED) is 0.445. The summed E-state index contributed by atoms with van der Waals surface area (Å²) in [6.45, 7) is 0. The number of rotatable bonds is 4. The summed E-state index contributed by atoms with van der Waals surface area (Å²) in [6, 6.07) is 24.7. The van der Waals surface area contributed by atoms with Gasteiger partial charge >= 0.3 is 0 Å². The van der Waals surface area contributed by atoms with E-state index < -0.39 is 0 Å². The molecule has 2 aromatic heterocycles. The summed E-state index contributed by atoms with van der Waals surface area (Å²) in [6.07, 6.45) is 3.30. The van der Waals surface area contributed by atoms with Crippen LogP contribution in [0.4, 0.5) is 0 Å². The van der Waals surface area contributed by atoms with Gasteiger partial charge in [0.15, 0.2) is 5.65 Å². The fourth-order valence-electron chi connectivity index (χ4n) is 2.76. The first-order valence-corrected chi connectivity index (χ1v) is 8.51. The zero-order valence-corrected chi connectivity index (χ0v) is 14.4. The van der Waals surface area contributed by atoms with E-state index in [4.69, 9.17) is 0 Å². The van der Waals surface area contributed by atoms with Gasteiger partial charge in [0.2, 0.25) is 0 Å². The van der Waals surface area contributed by atoms with Crippen LogP contribution in [0.2, 0.25) is 0 Å². The second-order valence-corrected chi connectivity index (χ2v) is 5.91. The molecule has 4 aromatic rings. The van der Waals surface area contributed by atoms with Crippen LogP contribution in [0.25, 0.3) is 22.3 Å². The predicted octanol–water partition coefficient (Wildman–Crippen LogP) is 4.06. The van der Waals surface area contributed by atoms with Gasteiger partial charge in [-0.15, -0.1) is 0 Å². The fraction of sp³-hybridized carbons (Fsp3) is 0. The van der Waals surface area contributed by atoms with E-state index in [1.807, 2.05) is 72.8 Å². The van der Waals surface area contributed by atoms with Crippen LogP contribution in [0.5, 0.6) is 0 Å². The van der Waals surface area contributed by atoms with Crippen LogP contribution in [0.3, 0.4) is 0 Å². The molecule has 27 heavy (non-hydrogen) atoms. The first-order valence-electron chi connectivity index (χ1n) is 8.51. The van der Waals surface area contributed by atoms with E-state index in [0.717, 1.165) is 16.5 Å².